The van der Waals surface area contributed by atoms with Gasteiger partial charge >= 0.3 is 0 Å². The maximum atomic E-state index is 12.7. The summed E-state index contributed by atoms with van der Waals surface area (Å²) < 4.78 is 5.64. The van der Waals surface area contributed by atoms with Crippen LogP contribution in [0.25, 0.3) is 0 Å². The standard InChI is InChI=1S/C20H21ClN2O3/c1-14(26-16-8-6-7-15(21)13-16)19(24)22-18-10-3-2-9-17(18)20(25)23-11-4-5-12-23/h2-3,6-10,13-14H,4-5,11-12H2,1H3,(H,22,24). The summed E-state index contributed by atoms with van der Waals surface area (Å²) in [6.07, 6.45) is 1.30. The number of benzene rings is 2. The first-order valence-corrected chi connectivity index (χ1v) is 9.04. The Morgan fingerprint density at radius 2 is 1.85 bits per heavy atom. The van der Waals surface area contributed by atoms with Crippen molar-refractivity contribution >= 4 is 29.1 Å². The van der Waals surface area contributed by atoms with Crippen LogP contribution in [0.15, 0.2) is 48.5 Å². The third-order valence-electron chi connectivity index (χ3n) is 4.29. The molecule has 0 spiro atoms. The van der Waals surface area contributed by atoms with E-state index in [9.17, 15) is 9.59 Å². The number of rotatable bonds is 5. The molecule has 1 atom stereocenters. The molecule has 1 heterocycles. The van der Waals surface area contributed by atoms with E-state index < -0.39 is 6.10 Å². The average molecular weight is 373 g/mol. The van der Waals surface area contributed by atoms with Gasteiger partial charge in [0.25, 0.3) is 11.8 Å². The largest absolute Gasteiger partial charge is 0.481 e. The lowest BCUT2D eigenvalue weighted by molar-refractivity contribution is -0.122. The fourth-order valence-corrected chi connectivity index (χ4v) is 3.08. The number of likely N-dealkylation sites (tertiary alicyclic amines) is 1. The molecule has 1 fully saturated rings. The van der Waals surface area contributed by atoms with Gasteiger partial charge in [-0.15, -0.1) is 0 Å². The van der Waals surface area contributed by atoms with Gasteiger partial charge in [0.2, 0.25) is 0 Å². The predicted molar refractivity (Wildman–Crippen MR) is 102 cm³/mol. The van der Waals surface area contributed by atoms with Gasteiger partial charge in [0.05, 0.1) is 11.3 Å². The molecule has 6 heteroatoms. The number of hydrogen-bond donors (Lipinski definition) is 1. The third-order valence-corrected chi connectivity index (χ3v) is 4.52. The minimum absolute atomic E-state index is 0.0539. The van der Waals surface area contributed by atoms with Crippen LogP contribution in [0.3, 0.4) is 0 Å². The highest BCUT2D eigenvalue weighted by Gasteiger charge is 2.23. The molecule has 26 heavy (non-hydrogen) atoms. The molecule has 0 radical (unpaired) electrons. The summed E-state index contributed by atoms with van der Waals surface area (Å²) in [7, 11) is 0. The van der Waals surface area contributed by atoms with Gasteiger partial charge in [-0.2, -0.15) is 0 Å². The van der Waals surface area contributed by atoms with E-state index in [0.717, 1.165) is 25.9 Å². The van der Waals surface area contributed by atoms with Crippen molar-refractivity contribution in [3.8, 4) is 5.75 Å². The van der Waals surface area contributed by atoms with Crippen LogP contribution in [0, 0.1) is 0 Å². The number of anilines is 1. The number of carbonyl (C=O) groups is 2. The summed E-state index contributed by atoms with van der Waals surface area (Å²) >= 11 is 5.93. The quantitative estimate of drug-likeness (QED) is 0.863. The second-order valence-corrected chi connectivity index (χ2v) is 6.69. The molecule has 0 saturated carbocycles. The molecule has 136 valence electrons. The van der Waals surface area contributed by atoms with Crippen molar-refractivity contribution in [3.05, 3.63) is 59.1 Å². The molecular formula is C20H21ClN2O3. The van der Waals surface area contributed by atoms with Crippen molar-refractivity contribution in [2.75, 3.05) is 18.4 Å². The molecule has 1 aliphatic rings. The van der Waals surface area contributed by atoms with Crippen molar-refractivity contribution in [1.82, 2.24) is 4.90 Å². The van der Waals surface area contributed by atoms with E-state index in [2.05, 4.69) is 5.32 Å². The molecule has 1 unspecified atom stereocenters. The fourth-order valence-electron chi connectivity index (χ4n) is 2.90. The molecule has 2 amide bonds. The van der Waals surface area contributed by atoms with E-state index >= 15 is 0 Å². The lowest BCUT2D eigenvalue weighted by Gasteiger charge is -2.19. The number of halogens is 1. The van der Waals surface area contributed by atoms with Gasteiger partial charge in [0.1, 0.15) is 5.75 Å². The average Bonchev–Trinajstić information content (AvgIpc) is 3.16. The van der Waals surface area contributed by atoms with Gasteiger partial charge in [-0.25, -0.2) is 0 Å². The monoisotopic (exact) mass is 372 g/mol. The lowest BCUT2D eigenvalue weighted by Crippen LogP contribution is -2.32. The number of carbonyl (C=O) groups excluding carboxylic acids is 2. The summed E-state index contributed by atoms with van der Waals surface area (Å²) in [5.74, 6) is 0.134. The number of nitrogens with zero attached hydrogens (tertiary/aromatic N) is 1. The molecular weight excluding hydrogens is 352 g/mol. The van der Waals surface area contributed by atoms with Crippen LogP contribution >= 0.6 is 11.6 Å². The summed E-state index contributed by atoms with van der Waals surface area (Å²) in [6, 6.07) is 13.9. The smallest absolute Gasteiger partial charge is 0.265 e. The topological polar surface area (TPSA) is 58.6 Å². The maximum Gasteiger partial charge on any atom is 0.265 e. The molecule has 1 aliphatic heterocycles. The van der Waals surface area contributed by atoms with E-state index in [1.807, 2.05) is 4.90 Å². The summed E-state index contributed by atoms with van der Waals surface area (Å²) in [5, 5.41) is 3.34. The summed E-state index contributed by atoms with van der Waals surface area (Å²) in [6.45, 7) is 3.17. The van der Waals surface area contributed by atoms with E-state index in [1.54, 1.807) is 55.5 Å². The number of para-hydroxylation sites is 1. The molecule has 2 aromatic rings. The van der Waals surface area contributed by atoms with Crippen LogP contribution in [0.5, 0.6) is 5.75 Å². The van der Waals surface area contributed by atoms with Crippen LogP contribution in [-0.4, -0.2) is 35.9 Å². The zero-order valence-electron chi connectivity index (χ0n) is 14.6. The number of hydrogen-bond acceptors (Lipinski definition) is 3. The third kappa shape index (κ3) is 4.35. The molecule has 0 aromatic heterocycles. The molecule has 2 aromatic carbocycles. The number of nitrogens with one attached hydrogen (secondary N) is 1. The SMILES string of the molecule is CC(Oc1cccc(Cl)c1)C(=O)Nc1ccccc1C(=O)N1CCCC1. The maximum absolute atomic E-state index is 12.7. The zero-order chi connectivity index (χ0) is 18.5. The highest BCUT2D eigenvalue weighted by molar-refractivity contribution is 6.30. The minimum Gasteiger partial charge on any atom is -0.481 e. The Labute approximate surface area is 157 Å². The Balaban J connectivity index is 1.70. The lowest BCUT2D eigenvalue weighted by atomic mass is 10.1. The Morgan fingerprint density at radius 1 is 1.12 bits per heavy atom. The highest BCUT2D eigenvalue weighted by Crippen LogP contribution is 2.22. The Bertz CT molecular complexity index is 803. The van der Waals surface area contributed by atoms with Crippen molar-refractivity contribution in [2.45, 2.75) is 25.9 Å². The summed E-state index contributed by atoms with van der Waals surface area (Å²) in [5.41, 5.74) is 0.994. The van der Waals surface area contributed by atoms with E-state index in [1.165, 1.54) is 0 Å². The zero-order valence-corrected chi connectivity index (χ0v) is 15.3. The normalized spacial score (nSPS) is 14.8. The Morgan fingerprint density at radius 3 is 2.58 bits per heavy atom. The van der Waals surface area contributed by atoms with Gasteiger partial charge in [-0.1, -0.05) is 29.8 Å². The van der Waals surface area contributed by atoms with Crippen molar-refractivity contribution in [3.63, 3.8) is 0 Å². The molecule has 0 aliphatic carbocycles. The Kier molecular flexibility index (Phi) is 5.78. The predicted octanol–water partition coefficient (Wildman–Crippen LogP) is 3.98. The minimum atomic E-state index is -0.733. The van der Waals surface area contributed by atoms with Crippen LogP contribution in [0.1, 0.15) is 30.1 Å². The van der Waals surface area contributed by atoms with E-state index in [-0.39, 0.29) is 11.8 Å². The Hall–Kier alpha value is -2.53. The van der Waals surface area contributed by atoms with Crippen molar-refractivity contribution in [2.24, 2.45) is 0 Å². The highest BCUT2D eigenvalue weighted by atomic mass is 35.5. The number of amides is 2. The second kappa shape index (κ2) is 8.23. The second-order valence-electron chi connectivity index (χ2n) is 6.25. The van der Waals surface area contributed by atoms with Crippen LogP contribution in [0.2, 0.25) is 5.02 Å². The van der Waals surface area contributed by atoms with Crippen LogP contribution in [-0.2, 0) is 4.79 Å². The van der Waals surface area contributed by atoms with Gasteiger partial charge in [0, 0.05) is 18.1 Å². The first-order chi connectivity index (χ1) is 12.5. The van der Waals surface area contributed by atoms with Gasteiger partial charge in [-0.3, -0.25) is 9.59 Å². The molecule has 3 rings (SSSR count). The van der Waals surface area contributed by atoms with Gasteiger partial charge < -0.3 is 15.0 Å². The van der Waals surface area contributed by atoms with Gasteiger partial charge in [0.15, 0.2) is 6.10 Å². The summed E-state index contributed by atoms with van der Waals surface area (Å²) in [4.78, 5) is 27.0. The first-order valence-electron chi connectivity index (χ1n) is 8.66. The first kappa shape index (κ1) is 18.3. The molecule has 0 bridgehead atoms. The van der Waals surface area contributed by atoms with Crippen LogP contribution < -0.4 is 10.1 Å². The molecule has 1 N–H and O–H groups in total. The van der Waals surface area contributed by atoms with Crippen molar-refractivity contribution < 1.29 is 14.3 Å². The van der Waals surface area contributed by atoms with Crippen LogP contribution in [0.4, 0.5) is 5.69 Å². The van der Waals surface area contributed by atoms with E-state index in [4.69, 9.17) is 16.3 Å². The molecule has 1 saturated heterocycles. The molecule has 5 nitrogen and oxygen atoms in total. The van der Waals surface area contributed by atoms with Gasteiger partial charge in [-0.05, 0) is 50.1 Å². The van der Waals surface area contributed by atoms with E-state index in [0.29, 0.717) is 22.0 Å². The number of ether oxygens (including phenoxy) is 1. The van der Waals surface area contributed by atoms with Crippen molar-refractivity contribution in [1.29, 1.82) is 0 Å². The fraction of sp³-hybridized carbons (Fsp3) is 0.300.